The van der Waals surface area contributed by atoms with Crippen molar-refractivity contribution >= 4 is 39.0 Å². The van der Waals surface area contributed by atoms with Crippen LogP contribution in [0.4, 0.5) is 5.82 Å². The molecule has 20 heavy (non-hydrogen) atoms. The Hall–Kier alpha value is -1.99. The van der Waals surface area contributed by atoms with Crippen LogP contribution in [0.25, 0.3) is 10.6 Å². The molecule has 3 heterocycles. The molecular weight excluding hydrogens is 340 g/mol. The Morgan fingerprint density at radius 1 is 1.35 bits per heavy atom. The highest BCUT2D eigenvalue weighted by atomic mass is 79.9. The predicted molar refractivity (Wildman–Crippen MR) is 81.8 cm³/mol. The molecule has 0 radical (unpaired) electrons. The number of nitrogens with one attached hydrogen (secondary N) is 2. The van der Waals surface area contributed by atoms with E-state index in [2.05, 4.69) is 36.4 Å². The zero-order valence-corrected chi connectivity index (χ0v) is 12.5. The van der Waals surface area contributed by atoms with Crippen molar-refractivity contribution in [2.75, 3.05) is 5.32 Å². The van der Waals surface area contributed by atoms with E-state index in [1.54, 1.807) is 35.7 Å². The zero-order valence-electron chi connectivity index (χ0n) is 10.1. The van der Waals surface area contributed by atoms with Crippen LogP contribution >= 0.6 is 27.3 Å². The number of carbonyl (C=O) groups is 1. The maximum Gasteiger partial charge on any atom is 0.258 e. The van der Waals surface area contributed by atoms with Crippen molar-refractivity contribution in [1.29, 1.82) is 0 Å². The van der Waals surface area contributed by atoms with Crippen LogP contribution in [0.1, 0.15) is 10.4 Å². The molecule has 0 spiro atoms. The third kappa shape index (κ3) is 2.78. The van der Waals surface area contributed by atoms with Gasteiger partial charge in [-0.2, -0.15) is 5.10 Å². The maximum absolute atomic E-state index is 12.0. The van der Waals surface area contributed by atoms with Gasteiger partial charge in [-0.1, -0.05) is 0 Å². The Bertz CT molecular complexity index is 738. The van der Waals surface area contributed by atoms with E-state index in [4.69, 9.17) is 0 Å². The van der Waals surface area contributed by atoms with Crippen LogP contribution in [0, 0.1) is 0 Å². The molecule has 2 N–H and O–H groups in total. The number of anilines is 1. The number of nitrogens with zero attached hydrogens (tertiary/aromatic N) is 2. The van der Waals surface area contributed by atoms with Gasteiger partial charge in [0.1, 0.15) is 0 Å². The smallest absolute Gasteiger partial charge is 0.258 e. The molecule has 1 amide bonds. The molecule has 0 aliphatic rings. The normalized spacial score (nSPS) is 10.4. The monoisotopic (exact) mass is 348 g/mol. The van der Waals surface area contributed by atoms with Gasteiger partial charge in [0.15, 0.2) is 5.82 Å². The zero-order chi connectivity index (χ0) is 13.9. The number of aromatic amines is 1. The molecule has 7 heteroatoms. The Kier molecular flexibility index (Phi) is 3.62. The number of pyridine rings is 1. The molecule has 0 atom stereocenters. The van der Waals surface area contributed by atoms with Crippen molar-refractivity contribution in [3.63, 3.8) is 0 Å². The lowest BCUT2D eigenvalue weighted by Crippen LogP contribution is -2.12. The summed E-state index contributed by atoms with van der Waals surface area (Å²) >= 11 is 5.01. The molecule has 100 valence electrons. The standard InChI is InChI=1S/C13H9BrN4OS/c14-11-4-3-10(20-11)9-6-12(18-17-9)16-13(19)8-2-1-5-15-7-8/h1-7H,(H2,16,17,18,19). The average Bonchev–Trinajstić information content (AvgIpc) is 3.09. The van der Waals surface area contributed by atoms with Crippen molar-refractivity contribution < 1.29 is 4.79 Å². The van der Waals surface area contributed by atoms with Crippen molar-refractivity contribution in [3.05, 3.63) is 52.1 Å². The lowest BCUT2D eigenvalue weighted by Gasteiger charge is -1.99. The van der Waals surface area contributed by atoms with Gasteiger partial charge in [-0.25, -0.2) is 0 Å². The first kappa shape index (κ1) is 13.0. The summed E-state index contributed by atoms with van der Waals surface area (Å²) in [5.74, 6) is 0.252. The molecule has 0 fully saturated rings. The average molecular weight is 349 g/mol. The van der Waals surface area contributed by atoms with Gasteiger partial charge in [-0.3, -0.25) is 14.9 Å². The Morgan fingerprint density at radius 2 is 2.25 bits per heavy atom. The first-order valence-corrected chi connectivity index (χ1v) is 7.36. The Morgan fingerprint density at radius 3 is 2.95 bits per heavy atom. The molecule has 0 aliphatic carbocycles. The number of rotatable bonds is 3. The summed E-state index contributed by atoms with van der Waals surface area (Å²) in [5.41, 5.74) is 1.36. The van der Waals surface area contributed by atoms with Gasteiger partial charge in [0.2, 0.25) is 0 Å². The Balaban J connectivity index is 1.76. The van der Waals surface area contributed by atoms with Crippen LogP contribution in [-0.4, -0.2) is 21.1 Å². The number of amides is 1. The number of hydrogen-bond acceptors (Lipinski definition) is 4. The summed E-state index contributed by atoms with van der Waals surface area (Å²) in [6.07, 6.45) is 3.14. The van der Waals surface area contributed by atoms with E-state index >= 15 is 0 Å². The van der Waals surface area contributed by atoms with E-state index in [1.165, 1.54) is 6.20 Å². The lowest BCUT2D eigenvalue weighted by atomic mass is 10.2. The molecule has 5 nitrogen and oxygen atoms in total. The van der Waals surface area contributed by atoms with Crippen LogP contribution in [-0.2, 0) is 0 Å². The third-order valence-corrected chi connectivity index (χ3v) is 4.24. The predicted octanol–water partition coefficient (Wildman–Crippen LogP) is 3.55. The molecule has 3 aromatic rings. The van der Waals surface area contributed by atoms with Crippen LogP contribution < -0.4 is 5.32 Å². The molecule has 0 saturated heterocycles. The molecule has 0 saturated carbocycles. The lowest BCUT2D eigenvalue weighted by molar-refractivity contribution is 0.102. The molecule has 0 aliphatic heterocycles. The van der Waals surface area contributed by atoms with Crippen molar-refractivity contribution in [1.82, 2.24) is 15.2 Å². The number of aromatic nitrogens is 3. The summed E-state index contributed by atoms with van der Waals surface area (Å²) in [5, 5.41) is 9.71. The quantitative estimate of drug-likeness (QED) is 0.760. The number of halogens is 1. The SMILES string of the molecule is O=C(Nc1cc(-c2ccc(Br)s2)[nH]n1)c1cccnc1. The van der Waals surface area contributed by atoms with Gasteiger partial charge >= 0.3 is 0 Å². The van der Waals surface area contributed by atoms with Crippen LogP contribution in [0.5, 0.6) is 0 Å². The maximum atomic E-state index is 12.0. The minimum Gasteiger partial charge on any atom is -0.305 e. The van der Waals surface area contributed by atoms with Gasteiger partial charge in [0.05, 0.1) is 19.9 Å². The molecule has 3 aromatic heterocycles. The highest BCUT2D eigenvalue weighted by Gasteiger charge is 2.10. The van der Waals surface area contributed by atoms with E-state index in [9.17, 15) is 4.79 Å². The summed E-state index contributed by atoms with van der Waals surface area (Å²) in [6, 6.07) is 9.16. The third-order valence-electron chi connectivity index (χ3n) is 2.58. The second-order valence-corrected chi connectivity index (χ2v) is 6.43. The fourth-order valence-corrected chi connectivity index (χ4v) is 3.01. The highest BCUT2D eigenvalue weighted by molar-refractivity contribution is 9.11. The summed E-state index contributed by atoms with van der Waals surface area (Å²) in [6.45, 7) is 0. The summed E-state index contributed by atoms with van der Waals surface area (Å²) in [4.78, 5) is 16.9. The van der Waals surface area contributed by atoms with Crippen molar-refractivity contribution in [3.8, 4) is 10.6 Å². The van der Waals surface area contributed by atoms with Crippen LogP contribution in [0.15, 0.2) is 46.5 Å². The Labute approximate surface area is 127 Å². The second-order valence-electron chi connectivity index (χ2n) is 3.97. The van der Waals surface area contributed by atoms with Gasteiger partial charge in [0, 0.05) is 18.5 Å². The molecule has 0 aromatic carbocycles. The molecule has 0 unspecified atom stereocenters. The minimum atomic E-state index is -0.233. The number of thiophene rings is 1. The van der Waals surface area contributed by atoms with Gasteiger partial charge in [-0.05, 0) is 40.2 Å². The first-order valence-electron chi connectivity index (χ1n) is 5.75. The largest absolute Gasteiger partial charge is 0.305 e. The molecule has 3 rings (SSSR count). The number of H-pyrrole nitrogens is 1. The summed E-state index contributed by atoms with van der Waals surface area (Å²) < 4.78 is 1.04. The van der Waals surface area contributed by atoms with Crippen molar-refractivity contribution in [2.45, 2.75) is 0 Å². The molecular formula is C13H9BrN4OS. The topological polar surface area (TPSA) is 70.7 Å². The summed E-state index contributed by atoms with van der Waals surface area (Å²) in [7, 11) is 0. The first-order chi connectivity index (χ1) is 9.72. The number of hydrogen-bond donors (Lipinski definition) is 2. The van der Waals surface area contributed by atoms with Gasteiger partial charge < -0.3 is 5.32 Å². The highest BCUT2D eigenvalue weighted by Crippen LogP contribution is 2.30. The van der Waals surface area contributed by atoms with E-state index in [0.717, 1.165) is 14.4 Å². The van der Waals surface area contributed by atoms with Gasteiger partial charge in [-0.15, -0.1) is 11.3 Å². The van der Waals surface area contributed by atoms with Crippen LogP contribution in [0.2, 0.25) is 0 Å². The number of carbonyl (C=O) groups excluding carboxylic acids is 1. The van der Waals surface area contributed by atoms with Gasteiger partial charge in [0.25, 0.3) is 5.91 Å². The van der Waals surface area contributed by atoms with Crippen molar-refractivity contribution in [2.24, 2.45) is 0 Å². The minimum absolute atomic E-state index is 0.233. The fourth-order valence-electron chi connectivity index (χ4n) is 1.66. The van der Waals surface area contributed by atoms with E-state index < -0.39 is 0 Å². The van der Waals surface area contributed by atoms with E-state index in [0.29, 0.717) is 11.4 Å². The van der Waals surface area contributed by atoms with E-state index in [-0.39, 0.29) is 5.91 Å². The molecule has 0 bridgehead atoms. The second kappa shape index (κ2) is 5.56. The fraction of sp³-hybridized carbons (Fsp3) is 0. The van der Waals surface area contributed by atoms with Crippen LogP contribution in [0.3, 0.4) is 0 Å². The van der Waals surface area contributed by atoms with E-state index in [1.807, 2.05) is 12.1 Å².